The molecule has 232 valence electrons. The molecule has 0 amide bonds. The Hall–Kier alpha value is -6.58. The predicted octanol–water partition coefficient (Wildman–Crippen LogP) is 13.2. The summed E-state index contributed by atoms with van der Waals surface area (Å²) in [5.74, 6) is 1.73. The van der Waals surface area contributed by atoms with Crippen LogP contribution in [0.1, 0.15) is 0 Å². The van der Waals surface area contributed by atoms with E-state index in [9.17, 15) is 0 Å². The number of ether oxygens (including phenoxy) is 1. The SMILES string of the molecule is c1ccc(N(c2ccccc2)c2ccc(-c3ccc4cccc5c4c3Oc3c-5cccc3N(c3ccccc3)c3ccccc3)cc2)cc1. The van der Waals surface area contributed by atoms with Crippen molar-refractivity contribution in [2.45, 2.75) is 0 Å². The van der Waals surface area contributed by atoms with Crippen molar-refractivity contribution in [1.29, 1.82) is 0 Å². The summed E-state index contributed by atoms with van der Waals surface area (Å²) in [6.07, 6.45) is 0. The molecule has 8 aromatic carbocycles. The summed E-state index contributed by atoms with van der Waals surface area (Å²) >= 11 is 0. The van der Waals surface area contributed by atoms with Crippen LogP contribution < -0.4 is 14.5 Å². The first-order valence-electron chi connectivity index (χ1n) is 16.6. The Morgan fingerprint density at radius 1 is 0.306 bits per heavy atom. The smallest absolute Gasteiger partial charge is 0.159 e. The molecule has 1 aliphatic rings. The average molecular weight is 629 g/mol. The zero-order valence-electron chi connectivity index (χ0n) is 26.8. The molecule has 0 radical (unpaired) electrons. The minimum Gasteiger partial charge on any atom is -0.453 e. The van der Waals surface area contributed by atoms with Gasteiger partial charge in [0, 0.05) is 45.0 Å². The van der Waals surface area contributed by atoms with Gasteiger partial charge < -0.3 is 14.5 Å². The number of hydrogen-bond donors (Lipinski definition) is 0. The Kier molecular flexibility index (Phi) is 7.14. The summed E-state index contributed by atoms with van der Waals surface area (Å²) < 4.78 is 7.15. The number of rotatable bonds is 7. The van der Waals surface area contributed by atoms with Gasteiger partial charge in [-0.05, 0) is 89.3 Å². The number of benzene rings is 8. The van der Waals surface area contributed by atoms with Crippen LogP contribution in [0.4, 0.5) is 34.1 Å². The van der Waals surface area contributed by atoms with Gasteiger partial charge in [-0.2, -0.15) is 0 Å². The van der Waals surface area contributed by atoms with Crippen LogP contribution in [0.2, 0.25) is 0 Å². The van der Waals surface area contributed by atoms with E-state index in [0.29, 0.717) is 0 Å². The van der Waals surface area contributed by atoms with E-state index in [2.05, 4.69) is 204 Å². The molecule has 0 atom stereocenters. The Balaban J connectivity index is 1.18. The molecule has 3 nitrogen and oxygen atoms in total. The highest BCUT2D eigenvalue weighted by atomic mass is 16.5. The Morgan fingerprint density at radius 2 is 0.796 bits per heavy atom. The topological polar surface area (TPSA) is 15.7 Å². The third-order valence-electron chi connectivity index (χ3n) is 9.22. The van der Waals surface area contributed by atoms with Crippen LogP contribution >= 0.6 is 0 Å². The van der Waals surface area contributed by atoms with Gasteiger partial charge in [-0.1, -0.05) is 121 Å². The monoisotopic (exact) mass is 628 g/mol. The van der Waals surface area contributed by atoms with Crippen LogP contribution in [0.15, 0.2) is 194 Å². The maximum atomic E-state index is 7.15. The second-order valence-corrected chi connectivity index (χ2v) is 12.2. The fraction of sp³-hybridized carbons (Fsp3) is 0. The maximum Gasteiger partial charge on any atom is 0.159 e. The molecule has 0 bridgehead atoms. The van der Waals surface area contributed by atoms with E-state index < -0.39 is 0 Å². The van der Waals surface area contributed by atoms with Crippen LogP contribution in [0.25, 0.3) is 33.0 Å². The number of fused-ring (bicyclic) bond motifs is 2. The zero-order valence-corrected chi connectivity index (χ0v) is 26.8. The molecule has 0 aliphatic carbocycles. The first kappa shape index (κ1) is 28.6. The molecule has 0 spiro atoms. The van der Waals surface area contributed by atoms with E-state index in [-0.39, 0.29) is 0 Å². The van der Waals surface area contributed by atoms with Crippen LogP contribution in [0.5, 0.6) is 11.5 Å². The van der Waals surface area contributed by atoms with E-state index in [1.165, 1.54) is 5.56 Å². The van der Waals surface area contributed by atoms with Crippen LogP contribution in [0.3, 0.4) is 0 Å². The Bertz CT molecular complexity index is 2310. The summed E-state index contributed by atoms with van der Waals surface area (Å²) in [5.41, 5.74) is 10.9. The molecule has 9 rings (SSSR count). The highest BCUT2D eigenvalue weighted by Crippen LogP contribution is 2.55. The predicted molar refractivity (Wildman–Crippen MR) is 204 cm³/mol. The van der Waals surface area contributed by atoms with Crippen molar-refractivity contribution in [1.82, 2.24) is 0 Å². The molecule has 0 fully saturated rings. The molecule has 0 aromatic heterocycles. The highest BCUT2D eigenvalue weighted by Gasteiger charge is 2.28. The molecule has 0 N–H and O–H groups in total. The fourth-order valence-corrected chi connectivity index (χ4v) is 7.00. The minimum absolute atomic E-state index is 0.846. The molecule has 8 aromatic rings. The largest absolute Gasteiger partial charge is 0.453 e. The summed E-state index contributed by atoms with van der Waals surface area (Å²) in [6.45, 7) is 0. The normalized spacial score (nSPS) is 11.4. The standard InChI is InChI=1S/C46H32N2O/c1-5-16-35(17-6-1)47(36-18-7-2-8-19-36)39-30-27-33(28-31-39)40-32-29-34-15-13-24-41-42-25-14-26-43(45(42)49-46(40)44(34)41)48(37-20-9-3-10-21-37)38-22-11-4-12-23-38/h1-32H. The van der Waals surface area contributed by atoms with Crippen LogP contribution in [0, 0.1) is 0 Å². The van der Waals surface area contributed by atoms with Crippen molar-refractivity contribution >= 4 is 44.9 Å². The summed E-state index contributed by atoms with van der Waals surface area (Å²) in [4.78, 5) is 4.57. The van der Waals surface area contributed by atoms with Crippen molar-refractivity contribution in [2.75, 3.05) is 9.80 Å². The van der Waals surface area contributed by atoms with Gasteiger partial charge in [-0.25, -0.2) is 0 Å². The third kappa shape index (κ3) is 5.09. The van der Waals surface area contributed by atoms with Crippen molar-refractivity contribution in [3.05, 3.63) is 194 Å². The zero-order chi connectivity index (χ0) is 32.6. The number of anilines is 6. The lowest BCUT2D eigenvalue weighted by atomic mass is 9.90. The second kappa shape index (κ2) is 12.2. The average Bonchev–Trinajstić information content (AvgIpc) is 3.18. The molecule has 3 heteroatoms. The molecule has 0 saturated carbocycles. The van der Waals surface area contributed by atoms with Gasteiger partial charge in [0.25, 0.3) is 0 Å². The molecule has 49 heavy (non-hydrogen) atoms. The second-order valence-electron chi connectivity index (χ2n) is 12.2. The van der Waals surface area contributed by atoms with E-state index in [4.69, 9.17) is 4.74 Å². The number of hydrogen-bond acceptors (Lipinski definition) is 3. The van der Waals surface area contributed by atoms with Crippen LogP contribution in [-0.2, 0) is 0 Å². The Labute approximate surface area is 286 Å². The molecule has 0 saturated heterocycles. The van der Waals surface area contributed by atoms with Gasteiger partial charge in [-0.15, -0.1) is 0 Å². The summed E-state index contributed by atoms with van der Waals surface area (Å²) in [5, 5.41) is 2.29. The Morgan fingerprint density at radius 3 is 1.37 bits per heavy atom. The van der Waals surface area contributed by atoms with Gasteiger partial charge in [0.2, 0.25) is 0 Å². The van der Waals surface area contributed by atoms with Crippen LogP contribution in [-0.4, -0.2) is 0 Å². The lowest BCUT2D eigenvalue weighted by Gasteiger charge is -2.31. The first-order chi connectivity index (χ1) is 24.3. The fourth-order valence-electron chi connectivity index (χ4n) is 7.00. The minimum atomic E-state index is 0.846. The molecule has 1 heterocycles. The molecular weight excluding hydrogens is 597 g/mol. The van der Waals surface area contributed by atoms with Crippen molar-refractivity contribution in [2.24, 2.45) is 0 Å². The van der Waals surface area contributed by atoms with Gasteiger partial charge >= 0.3 is 0 Å². The molecule has 0 unspecified atom stereocenters. The summed E-state index contributed by atoms with van der Waals surface area (Å²) in [7, 11) is 0. The third-order valence-corrected chi connectivity index (χ3v) is 9.22. The van der Waals surface area contributed by atoms with Gasteiger partial charge in [0.15, 0.2) is 5.75 Å². The summed E-state index contributed by atoms with van der Waals surface area (Å²) in [6, 6.07) is 68.2. The lowest BCUT2D eigenvalue weighted by molar-refractivity contribution is 0.490. The van der Waals surface area contributed by atoms with E-state index in [1.54, 1.807) is 0 Å². The van der Waals surface area contributed by atoms with E-state index >= 15 is 0 Å². The van der Waals surface area contributed by atoms with Gasteiger partial charge in [0.1, 0.15) is 5.75 Å². The highest BCUT2D eigenvalue weighted by molar-refractivity contribution is 6.09. The first-order valence-corrected chi connectivity index (χ1v) is 16.6. The van der Waals surface area contributed by atoms with Crippen molar-refractivity contribution in [3.8, 4) is 33.8 Å². The van der Waals surface area contributed by atoms with Gasteiger partial charge in [-0.3, -0.25) is 0 Å². The van der Waals surface area contributed by atoms with Gasteiger partial charge in [0.05, 0.1) is 5.69 Å². The lowest BCUT2D eigenvalue weighted by Crippen LogP contribution is -2.12. The van der Waals surface area contributed by atoms with Crippen molar-refractivity contribution in [3.63, 3.8) is 0 Å². The molecule has 1 aliphatic heterocycles. The molecular formula is C46H32N2O. The van der Waals surface area contributed by atoms with Crippen molar-refractivity contribution < 1.29 is 4.74 Å². The number of nitrogens with zero attached hydrogens (tertiary/aromatic N) is 2. The maximum absolute atomic E-state index is 7.15. The number of para-hydroxylation sites is 5. The van der Waals surface area contributed by atoms with E-state index in [0.717, 1.165) is 73.1 Å². The quantitative estimate of drug-likeness (QED) is 0.175. The van der Waals surface area contributed by atoms with E-state index in [1.807, 2.05) is 0 Å².